The van der Waals surface area contributed by atoms with Gasteiger partial charge < -0.3 is 8.85 Å². The third-order valence-electron chi connectivity index (χ3n) is 2.84. The van der Waals surface area contributed by atoms with E-state index in [0.29, 0.717) is 11.1 Å². The Bertz CT molecular complexity index is 575. The van der Waals surface area contributed by atoms with Gasteiger partial charge >= 0.3 is 21.9 Å². The lowest BCUT2D eigenvalue weighted by Crippen LogP contribution is -2.16. The lowest BCUT2D eigenvalue weighted by Gasteiger charge is -2.05. The van der Waals surface area contributed by atoms with Gasteiger partial charge in [0.05, 0.1) is 11.1 Å². The molecular formula is C16H14O4Si. The van der Waals surface area contributed by atoms with E-state index in [4.69, 9.17) is 8.85 Å². The molecule has 2 aromatic carbocycles. The van der Waals surface area contributed by atoms with Gasteiger partial charge in [-0.05, 0) is 38.1 Å². The largest absolute Gasteiger partial charge is 0.614 e. The molecule has 0 aliphatic heterocycles. The van der Waals surface area contributed by atoms with Gasteiger partial charge in [-0.1, -0.05) is 35.4 Å². The van der Waals surface area contributed by atoms with E-state index in [9.17, 15) is 9.59 Å². The number of carbonyl (C=O) groups is 2. The van der Waals surface area contributed by atoms with Gasteiger partial charge in [0.15, 0.2) is 0 Å². The predicted molar refractivity (Wildman–Crippen MR) is 78.9 cm³/mol. The summed E-state index contributed by atoms with van der Waals surface area (Å²) in [6, 6.07) is 14.0. The Balaban J connectivity index is 1.83. The fourth-order valence-corrected chi connectivity index (χ4v) is 2.02. The van der Waals surface area contributed by atoms with E-state index in [-0.39, 0.29) is 0 Å². The van der Waals surface area contributed by atoms with Crippen LogP contribution in [0.4, 0.5) is 0 Å². The van der Waals surface area contributed by atoms with Crippen LogP contribution in [0.25, 0.3) is 0 Å². The van der Waals surface area contributed by atoms with Gasteiger partial charge in [0.25, 0.3) is 0 Å². The maximum absolute atomic E-state index is 11.7. The Morgan fingerprint density at radius 3 is 1.38 bits per heavy atom. The minimum absolute atomic E-state index is 0.430. The summed E-state index contributed by atoms with van der Waals surface area (Å²) in [6.07, 6.45) is 0. The van der Waals surface area contributed by atoms with Crippen molar-refractivity contribution in [2.45, 2.75) is 13.8 Å². The molecule has 0 N–H and O–H groups in total. The van der Waals surface area contributed by atoms with Crippen LogP contribution in [0.15, 0.2) is 48.5 Å². The fourth-order valence-electron chi connectivity index (χ4n) is 1.59. The molecule has 0 unspecified atom stereocenters. The van der Waals surface area contributed by atoms with E-state index in [0.717, 1.165) is 11.1 Å². The van der Waals surface area contributed by atoms with Crippen molar-refractivity contribution in [1.29, 1.82) is 0 Å². The summed E-state index contributed by atoms with van der Waals surface area (Å²) in [5, 5.41) is 0. The highest BCUT2D eigenvalue weighted by Gasteiger charge is 2.13. The minimum Gasteiger partial charge on any atom is -0.477 e. The van der Waals surface area contributed by atoms with Gasteiger partial charge in [-0.2, -0.15) is 0 Å². The zero-order valence-corrected chi connectivity index (χ0v) is 12.8. The highest BCUT2D eigenvalue weighted by atomic mass is 28.3. The van der Waals surface area contributed by atoms with Crippen molar-refractivity contribution in [2.75, 3.05) is 0 Å². The topological polar surface area (TPSA) is 52.6 Å². The van der Waals surface area contributed by atoms with Gasteiger partial charge in [-0.15, -0.1) is 0 Å². The smallest absolute Gasteiger partial charge is 0.477 e. The second kappa shape index (κ2) is 6.85. The van der Waals surface area contributed by atoms with Gasteiger partial charge in [0.2, 0.25) is 0 Å². The molecule has 21 heavy (non-hydrogen) atoms. The third-order valence-corrected chi connectivity index (χ3v) is 3.38. The maximum Gasteiger partial charge on any atom is 0.614 e. The molecule has 4 nitrogen and oxygen atoms in total. The first-order chi connectivity index (χ1) is 10.1. The van der Waals surface area contributed by atoms with Crippen LogP contribution in [0.3, 0.4) is 0 Å². The zero-order chi connectivity index (χ0) is 15.2. The molecule has 2 radical (unpaired) electrons. The maximum atomic E-state index is 11.7. The number of benzene rings is 2. The van der Waals surface area contributed by atoms with Crippen molar-refractivity contribution in [3.05, 3.63) is 70.8 Å². The molecule has 106 valence electrons. The van der Waals surface area contributed by atoms with Crippen molar-refractivity contribution >= 4 is 21.9 Å². The summed E-state index contributed by atoms with van der Waals surface area (Å²) in [4.78, 5) is 23.4. The molecule has 2 aromatic rings. The molecule has 0 saturated heterocycles. The van der Waals surface area contributed by atoms with Crippen molar-refractivity contribution < 1.29 is 18.4 Å². The second-order valence-electron chi connectivity index (χ2n) is 4.59. The Hall–Kier alpha value is -2.40. The summed E-state index contributed by atoms with van der Waals surface area (Å²) in [5.74, 6) is -1.02. The van der Waals surface area contributed by atoms with Crippen LogP contribution in [0.1, 0.15) is 31.8 Å². The molecule has 0 amide bonds. The lowest BCUT2D eigenvalue weighted by atomic mass is 10.2. The number of aryl methyl sites for hydroxylation is 2. The van der Waals surface area contributed by atoms with Gasteiger partial charge in [0.1, 0.15) is 0 Å². The van der Waals surface area contributed by atoms with Crippen LogP contribution in [0.5, 0.6) is 0 Å². The molecular weight excluding hydrogens is 284 g/mol. The molecule has 0 heterocycles. The summed E-state index contributed by atoms with van der Waals surface area (Å²) < 4.78 is 9.86. The van der Waals surface area contributed by atoms with E-state index in [1.165, 1.54) is 0 Å². The first-order valence-corrected chi connectivity index (χ1v) is 7.18. The zero-order valence-electron chi connectivity index (χ0n) is 11.8. The van der Waals surface area contributed by atoms with Crippen LogP contribution < -0.4 is 0 Å². The van der Waals surface area contributed by atoms with Crippen LogP contribution >= 0.6 is 0 Å². The minimum atomic E-state index is -0.661. The average Bonchev–Trinajstić information content (AvgIpc) is 2.48. The molecule has 0 atom stereocenters. The van der Waals surface area contributed by atoms with E-state index >= 15 is 0 Å². The Kier molecular flexibility index (Phi) is 4.89. The van der Waals surface area contributed by atoms with Gasteiger partial charge in [0, 0.05) is 0 Å². The Morgan fingerprint density at radius 1 is 0.714 bits per heavy atom. The third kappa shape index (κ3) is 4.29. The second-order valence-corrected chi connectivity index (χ2v) is 5.17. The highest BCUT2D eigenvalue weighted by Crippen LogP contribution is 2.06. The first-order valence-electron chi connectivity index (χ1n) is 6.37. The van der Waals surface area contributed by atoms with Gasteiger partial charge in [-0.3, -0.25) is 0 Å². The van der Waals surface area contributed by atoms with Crippen LogP contribution in [-0.2, 0) is 8.85 Å². The summed E-state index contributed by atoms with van der Waals surface area (Å²) in [6.45, 7) is 3.86. The van der Waals surface area contributed by atoms with E-state index in [1.54, 1.807) is 24.3 Å². The van der Waals surface area contributed by atoms with Crippen LogP contribution in [0, 0.1) is 13.8 Å². The fraction of sp³-hybridized carbons (Fsp3) is 0.125. The van der Waals surface area contributed by atoms with Gasteiger partial charge in [-0.25, -0.2) is 9.59 Å². The molecule has 0 aliphatic rings. The number of hydrogen-bond donors (Lipinski definition) is 0. The number of carbonyl (C=O) groups excluding carboxylic acids is 2. The van der Waals surface area contributed by atoms with E-state index < -0.39 is 21.9 Å². The summed E-state index contributed by atoms with van der Waals surface area (Å²) >= 11 is 0. The number of hydrogen-bond acceptors (Lipinski definition) is 4. The molecule has 0 aliphatic carbocycles. The molecule has 0 bridgehead atoms. The molecule has 5 heteroatoms. The van der Waals surface area contributed by atoms with E-state index in [1.807, 2.05) is 38.1 Å². The van der Waals surface area contributed by atoms with E-state index in [2.05, 4.69) is 0 Å². The molecule has 0 aromatic heterocycles. The van der Waals surface area contributed by atoms with Crippen molar-refractivity contribution in [2.24, 2.45) is 0 Å². The van der Waals surface area contributed by atoms with Crippen molar-refractivity contribution in [1.82, 2.24) is 0 Å². The highest BCUT2D eigenvalue weighted by molar-refractivity contribution is 6.28. The number of rotatable bonds is 4. The summed E-state index contributed by atoms with van der Waals surface area (Å²) in [5.41, 5.74) is 2.97. The molecule has 0 fully saturated rings. The van der Waals surface area contributed by atoms with Crippen LogP contribution in [0.2, 0.25) is 0 Å². The SMILES string of the molecule is Cc1ccc(C(=O)O[Si]OC(=O)c2ccc(C)cc2)cc1. The molecule has 2 rings (SSSR count). The van der Waals surface area contributed by atoms with Crippen LogP contribution in [-0.4, -0.2) is 21.9 Å². The Labute approximate surface area is 125 Å². The lowest BCUT2D eigenvalue weighted by molar-refractivity contribution is 0.0632. The average molecular weight is 298 g/mol. The first kappa shape index (κ1) is 15.0. The van der Waals surface area contributed by atoms with Crippen molar-refractivity contribution in [3.63, 3.8) is 0 Å². The summed E-state index contributed by atoms with van der Waals surface area (Å²) in [7, 11) is -0.661. The Morgan fingerprint density at radius 2 is 1.05 bits per heavy atom. The normalized spacial score (nSPS) is 10.0. The molecule has 0 spiro atoms. The quantitative estimate of drug-likeness (QED) is 0.814. The predicted octanol–water partition coefficient (Wildman–Crippen LogP) is 2.85. The van der Waals surface area contributed by atoms with Crippen molar-refractivity contribution in [3.8, 4) is 0 Å². The standard InChI is InChI=1S/C16H14O4Si/c1-11-3-7-13(8-4-11)15(17)19-21-20-16(18)14-9-5-12(2)6-10-14/h3-10H,1-2H3. The monoisotopic (exact) mass is 298 g/mol. The molecule has 0 saturated carbocycles.